The van der Waals surface area contributed by atoms with Crippen molar-refractivity contribution in [3.63, 3.8) is 0 Å². The summed E-state index contributed by atoms with van der Waals surface area (Å²) in [7, 11) is 0. The Morgan fingerprint density at radius 2 is 1.74 bits per heavy atom. The highest BCUT2D eigenvalue weighted by atomic mass is 16.5. The van der Waals surface area contributed by atoms with Gasteiger partial charge in [-0.2, -0.15) is 0 Å². The van der Waals surface area contributed by atoms with Gasteiger partial charge in [-0.25, -0.2) is 4.98 Å². The van der Waals surface area contributed by atoms with E-state index in [1.54, 1.807) is 12.4 Å². The van der Waals surface area contributed by atoms with E-state index < -0.39 is 0 Å². The van der Waals surface area contributed by atoms with E-state index in [0.717, 1.165) is 45.6 Å². The monoisotopic (exact) mass is 453 g/mol. The number of amides is 1. The van der Waals surface area contributed by atoms with Gasteiger partial charge in [-0.15, -0.1) is 0 Å². The van der Waals surface area contributed by atoms with E-state index in [9.17, 15) is 4.79 Å². The largest absolute Gasteiger partial charge is 0.490 e. The van der Waals surface area contributed by atoms with Gasteiger partial charge in [-0.3, -0.25) is 9.78 Å². The number of hydrogen-bond donors (Lipinski definition) is 0. The van der Waals surface area contributed by atoms with Crippen LogP contribution in [0, 0.1) is 0 Å². The van der Waals surface area contributed by atoms with Gasteiger partial charge in [0, 0.05) is 36.4 Å². The molecule has 1 aliphatic rings. The number of aromatic nitrogens is 2. The van der Waals surface area contributed by atoms with Crippen molar-refractivity contribution < 1.29 is 14.3 Å². The Bertz CT molecular complexity index is 1340. The van der Waals surface area contributed by atoms with Crippen LogP contribution >= 0.6 is 0 Å². The summed E-state index contributed by atoms with van der Waals surface area (Å²) >= 11 is 0. The molecule has 1 aliphatic heterocycles. The third-order valence-corrected chi connectivity index (χ3v) is 6.07. The van der Waals surface area contributed by atoms with E-state index in [1.807, 2.05) is 67.3 Å². The van der Waals surface area contributed by atoms with Crippen LogP contribution in [0.15, 0.2) is 67.0 Å². The fraction of sp³-hybridized carbons (Fsp3) is 0.250. The molecule has 4 aromatic rings. The summed E-state index contributed by atoms with van der Waals surface area (Å²) in [6.07, 6.45) is 4.27. The zero-order valence-corrected chi connectivity index (χ0v) is 19.5. The maximum absolute atomic E-state index is 13.8. The number of pyridine rings is 2. The van der Waals surface area contributed by atoms with Gasteiger partial charge in [0.1, 0.15) is 0 Å². The lowest BCUT2D eigenvalue weighted by molar-refractivity contribution is 0.0736. The highest BCUT2D eigenvalue weighted by Crippen LogP contribution is 2.35. The summed E-state index contributed by atoms with van der Waals surface area (Å²) in [4.78, 5) is 24.7. The van der Waals surface area contributed by atoms with E-state index in [-0.39, 0.29) is 5.91 Å². The number of rotatable bonds is 6. The predicted molar refractivity (Wildman–Crippen MR) is 132 cm³/mol. The Hall–Kier alpha value is -3.93. The lowest BCUT2D eigenvalue weighted by Gasteiger charge is -2.30. The molecule has 34 heavy (non-hydrogen) atoms. The third kappa shape index (κ3) is 4.19. The number of carbonyl (C=O) groups is 1. The molecule has 0 fully saturated rings. The van der Waals surface area contributed by atoms with Crippen molar-refractivity contribution in [3.05, 3.63) is 83.7 Å². The van der Waals surface area contributed by atoms with Gasteiger partial charge in [-0.1, -0.05) is 18.2 Å². The van der Waals surface area contributed by atoms with Gasteiger partial charge in [0.2, 0.25) is 0 Å². The zero-order valence-electron chi connectivity index (χ0n) is 19.5. The van der Waals surface area contributed by atoms with Crippen molar-refractivity contribution in [2.75, 3.05) is 19.8 Å². The first-order chi connectivity index (χ1) is 16.7. The van der Waals surface area contributed by atoms with Gasteiger partial charge in [-0.05, 0) is 67.8 Å². The van der Waals surface area contributed by atoms with Crippen LogP contribution in [-0.2, 0) is 13.0 Å². The maximum atomic E-state index is 13.8. The first-order valence-corrected chi connectivity index (χ1v) is 11.7. The summed E-state index contributed by atoms with van der Waals surface area (Å²) in [6.45, 7) is 6.23. The number of benzene rings is 2. The van der Waals surface area contributed by atoms with Gasteiger partial charge < -0.3 is 14.4 Å². The quantitative estimate of drug-likeness (QED) is 0.397. The molecule has 6 heteroatoms. The number of ether oxygens (including phenoxy) is 2. The van der Waals surface area contributed by atoms with E-state index in [0.29, 0.717) is 31.9 Å². The van der Waals surface area contributed by atoms with Gasteiger partial charge in [0.05, 0.1) is 30.0 Å². The van der Waals surface area contributed by atoms with Crippen molar-refractivity contribution in [1.82, 2.24) is 14.9 Å². The molecular weight excluding hydrogens is 426 g/mol. The summed E-state index contributed by atoms with van der Waals surface area (Å²) in [6, 6.07) is 17.6. The molecule has 5 rings (SSSR count). The maximum Gasteiger partial charge on any atom is 0.254 e. The fourth-order valence-corrected chi connectivity index (χ4v) is 4.46. The Morgan fingerprint density at radius 1 is 0.971 bits per heavy atom. The van der Waals surface area contributed by atoms with Crippen molar-refractivity contribution in [1.29, 1.82) is 0 Å². The zero-order chi connectivity index (χ0) is 23.5. The molecule has 1 amide bonds. The summed E-state index contributed by atoms with van der Waals surface area (Å²) in [5.41, 5.74) is 5.38. The van der Waals surface area contributed by atoms with E-state index in [4.69, 9.17) is 14.5 Å². The van der Waals surface area contributed by atoms with Crippen LogP contribution in [0.4, 0.5) is 0 Å². The highest BCUT2D eigenvalue weighted by Gasteiger charge is 2.25. The standard InChI is InChI=1S/C28H27N3O3/c1-3-33-26-14-19-11-13-31(18-21(19)15-27(26)34-4-2)28(32)23-16-25(20-8-7-12-29-17-20)30-24-10-6-5-9-22(23)24/h5-10,12,14-17H,3-4,11,13,18H2,1-2H3. The minimum absolute atomic E-state index is 0.00114. The Morgan fingerprint density at radius 3 is 2.47 bits per heavy atom. The average molecular weight is 454 g/mol. The second kappa shape index (κ2) is 9.51. The van der Waals surface area contributed by atoms with Crippen LogP contribution in [0.1, 0.15) is 35.3 Å². The van der Waals surface area contributed by atoms with Gasteiger partial charge in [0.15, 0.2) is 11.5 Å². The lowest BCUT2D eigenvalue weighted by atomic mass is 9.97. The minimum atomic E-state index is 0.00114. The lowest BCUT2D eigenvalue weighted by Crippen LogP contribution is -2.36. The smallest absolute Gasteiger partial charge is 0.254 e. The third-order valence-electron chi connectivity index (χ3n) is 6.07. The van der Waals surface area contributed by atoms with Gasteiger partial charge >= 0.3 is 0 Å². The SMILES string of the molecule is CCOc1cc2c(cc1OCC)CN(C(=O)c1cc(-c3cccnc3)nc3ccccc13)CC2. The topological polar surface area (TPSA) is 64.6 Å². The van der Waals surface area contributed by atoms with Crippen molar-refractivity contribution in [3.8, 4) is 22.8 Å². The molecular formula is C28H27N3O3. The van der Waals surface area contributed by atoms with E-state index >= 15 is 0 Å². The van der Waals surface area contributed by atoms with Crippen LogP contribution in [0.5, 0.6) is 11.5 Å². The van der Waals surface area contributed by atoms with Crippen molar-refractivity contribution in [2.45, 2.75) is 26.8 Å². The molecule has 0 bridgehead atoms. The average Bonchev–Trinajstić information content (AvgIpc) is 2.88. The molecule has 0 saturated heterocycles. The molecule has 2 aromatic carbocycles. The molecule has 0 atom stereocenters. The first-order valence-electron chi connectivity index (χ1n) is 11.7. The summed E-state index contributed by atoms with van der Waals surface area (Å²) in [5.74, 6) is 1.50. The number of nitrogens with zero attached hydrogens (tertiary/aromatic N) is 3. The molecule has 0 unspecified atom stereocenters. The number of fused-ring (bicyclic) bond motifs is 2. The molecule has 6 nitrogen and oxygen atoms in total. The molecule has 0 radical (unpaired) electrons. The summed E-state index contributed by atoms with van der Waals surface area (Å²) < 4.78 is 11.6. The normalized spacial score (nSPS) is 12.9. The van der Waals surface area contributed by atoms with Crippen LogP contribution in [0.25, 0.3) is 22.2 Å². The molecule has 2 aromatic heterocycles. The van der Waals surface area contributed by atoms with Crippen LogP contribution < -0.4 is 9.47 Å². The molecule has 172 valence electrons. The Kier molecular flexibility index (Phi) is 6.12. The van der Waals surface area contributed by atoms with Crippen LogP contribution in [-0.4, -0.2) is 40.5 Å². The molecule has 0 spiro atoms. The van der Waals surface area contributed by atoms with E-state index in [1.165, 1.54) is 5.56 Å². The van der Waals surface area contributed by atoms with Crippen LogP contribution in [0.3, 0.4) is 0 Å². The second-order valence-electron chi connectivity index (χ2n) is 8.22. The number of carbonyl (C=O) groups excluding carboxylic acids is 1. The van der Waals surface area contributed by atoms with Gasteiger partial charge in [0.25, 0.3) is 5.91 Å². The first kappa shape index (κ1) is 21.9. The second-order valence-corrected chi connectivity index (χ2v) is 8.22. The number of para-hydroxylation sites is 1. The molecule has 3 heterocycles. The number of hydrogen-bond acceptors (Lipinski definition) is 5. The predicted octanol–water partition coefficient (Wildman–Crippen LogP) is 5.29. The molecule has 0 aliphatic carbocycles. The molecule has 0 N–H and O–H groups in total. The van der Waals surface area contributed by atoms with Crippen molar-refractivity contribution in [2.24, 2.45) is 0 Å². The van der Waals surface area contributed by atoms with Crippen molar-refractivity contribution >= 4 is 16.8 Å². The fourth-order valence-electron chi connectivity index (χ4n) is 4.46. The molecule has 0 saturated carbocycles. The van der Waals surface area contributed by atoms with Crippen LogP contribution in [0.2, 0.25) is 0 Å². The summed E-state index contributed by atoms with van der Waals surface area (Å²) in [5, 5.41) is 0.854. The Labute approximate surface area is 199 Å². The van der Waals surface area contributed by atoms with E-state index in [2.05, 4.69) is 11.1 Å². The highest BCUT2D eigenvalue weighted by molar-refractivity contribution is 6.07. The minimum Gasteiger partial charge on any atom is -0.490 e. The Balaban J connectivity index is 1.51.